The second kappa shape index (κ2) is 6.93. The molecule has 5 heteroatoms. The van der Waals surface area contributed by atoms with Crippen molar-refractivity contribution >= 4 is 17.7 Å². The molecule has 0 bridgehead atoms. The topological polar surface area (TPSA) is 67.4 Å². The maximum Gasteiger partial charge on any atom is 0.338 e. The normalized spacial score (nSPS) is 14.8. The average molecular weight is 276 g/mol. The van der Waals surface area contributed by atoms with Gasteiger partial charge < -0.3 is 15.4 Å². The van der Waals surface area contributed by atoms with E-state index in [0.29, 0.717) is 17.9 Å². The first kappa shape index (κ1) is 14.4. The van der Waals surface area contributed by atoms with Crippen LogP contribution in [-0.2, 0) is 4.74 Å². The molecular formula is C15H20N2O3. The third-order valence-corrected chi connectivity index (χ3v) is 3.32. The number of benzene rings is 1. The van der Waals surface area contributed by atoms with E-state index in [-0.39, 0.29) is 18.0 Å². The fourth-order valence-electron chi connectivity index (χ4n) is 2.36. The van der Waals surface area contributed by atoms with Crippen LogP contribution in [0, 0.1) is 0 Å². The summed E-state index contributed by atoms with van der Waals surface area (Å²) >= 11 is 0. The Hall–Kier alpha value is -2.04. The highest BCUT2D eigenvalue weighted by Crippen LogP contribution is 2.18. The van der Waals surface area contributed by atoms with Gasteiger partial charge in [0.05, 0.1) is 12.2 Å². The molecule has 0 saturated heterocycles. The quantitative estimate of drug-likeness (QED) is 0.831. The van der Waals surface area contributed by atoms with Gasteiger partial charge >= 0.3 is 12.0 Å². The Labute approximate surface area is 118 Å². The summed E-state index contributed by atoms with van der Waals surface area (Å²) in [5.74, 6) is -0.382. The predicted octanol–water partition coefficient (Wildman–Crippen LogP) is 2.93. The molecule has 1 fully saturated rings. The van der Waals surface area contributed by atoms with E-state index in [4.69, 9.17) is 4.74 Å². The van der Waals surface area contributed by atoms with Crippen LogP contribution in [0.3, 0.4) is 0 Å². The molecule has 1 saturated carbocycles. The largest absolute Gasteiger partial charge is 0.462 e. The summed E-state index contributed by atoms with van der Waals surface area (Å²) in [7, 11) is 0. The molecule has 1 aliphatic carbocycles. The number of anilines is 1. The molecule has 108 valence electrons. The summed E-state index contributed by atoms with van der Waals surface area (Å²) in [6.45, 7) is 2.09. The molecule has 0 aliphatic heterocycles. The number of hydrogen-bond donors (Lipinski definition) is 2. The van der Waals surface area contributed by atoms with Gasteiger partial charge in [0.25, 0.3) is 0 Å². The van der Waals surface area contributed by atoms with Crippen LogP contribution in [0.2, 0.25) is 0 Å². The van der Waals surface area contributed by atoms with Gasteiger partial charge in [0.15, 0.2) is 0 Å². The van der Waals surface area contributed by atoms with Gasteiger partial charge in [-0.1, -0.05) is 18.9 Å². The molecule has 0 heterocycles. The van der Waals surface area contributed by atoms with Crippen LogP contribution >= 0.6 is 0 Å². The molecule has 0 atom stereocenters. The minimum atomic E-state index is -0.382. The van der Waals surface area contributed by atoms with Crippen molar-refractivity contribution in [3.05, 3.63) is 29.8 Å². The molecule has 0 aromatic heterocycles. The number of carbonyl (C=O) groups is 2. The molecule has 2 amide bonds. The van der Waals surface area contributed by atoms with E-state index in [2.05, 4.69) is 10.6 Å². The Morgan fingerprint density at radius 2 is 2.05 bits per heavy atom. The highest BCUT2D eigenvalue weighted by atomic mass is 16.5. The Morgan fingerprint density at radius 1 is 1.30 bits per heavy atom. The molecule has 1 aromatic rings. The SMILES string of the molecule is CCOC(=O)c1cccc(NC(=O)NC2CCCC2)c1. The summed E-state index contributed by atoms with van der Waals surface area (Å²) < 4.78 is 4.93. The number of rotatable bonds is 4. The van der Waals surface area contributed by atoms with Gasteiger partial charge in [0, 0.05) is 11.7 Å². The lowest BCUT2D eigenvalue weighted by molar-refractivity contribution is 0.0526. The zero-order valence-electron chi connectivity index (χ0n) is 11.6. The van der Waals surface area contributed by atoms with E-state index < -0.39 is 0 Å². The van der Waals surface area contributed by atoms with E-state index in [0.717, 1.165) is 12.8 Å². The lowest BCUT2D eigenvalue weighted by Gasteiger charge is -2.13. The minimum Gasteiger partial charge on any atom is -0.462 e. The number of nitrogens with one attached hydrogen (secondary N) is 2. The molecule has 0 unspecified atom stereocenters. The zero-order chi connectivity index (χ0) is 14.4. The van der Waals surface area contributed by atoms with Crippen molar-refractivity contribution < 1.29 is 14.3 Å². The van der Waals surface area contributed by atoms with Crippen molar-refractivity contribution in [2.75, 3.05) is 11.9 Å². The van der Waals surface area contributed by atoms with Crippen LogP contribution in [0.25, 0.3) is 0 Å². The first-order valence-electron chi connectivity index (χ1n) is 7.03. The van der Waals surface area contributed by atoms with E-state index in [9.17, 15) is 9.59 Å². The summed E-state index contributed by atoms with van der Waals surface area (Å²) in [5.41, 5.74) is 1.02. The third-order valence-electron chi connectivity index (χ3n) is 3.32. The monoisotopic (exact) mass is 276 g/mol. The van der Waals surface area contributed by atoms with Crippen molar-refractivity contribution in [2.45, 2.75) is 38.6 Å². The van der Waals surface area contributed by atoms with Crippen LogP contribution in [0.5, 0.6) is 0 Å². The second-order valence-electron chi connectivity index (χ2n) is 4.88. The average Bonchev–Trinajstić information content (AvgIpc) is 2.92. The maximum atomic E-state index is 11.8. The smallest absolute Gasteiger partial charge is 0.338 e. The number of ether oxygens (including phenoxy) is 1. The molecule has 2 rings (SSSR count). The number of amides is 2. The van der Waals surface area contributed by atoms with Crippen molar-refractivity contribution in [3.63, 3.8) is 0 Å². The summed E-state index contributed by atoms with van der Waals surface area (Å²) in [5, 5.41) is 5.68. The molecule has 2 N–H and O–H groups in total. The fraction of sp³-hybridized carbons (Fsp3) is 0.467. The third kappa shape index (κ3) is 3.98. The Balaban J connectivity index is 1.93. The van der Waals surface area contributed by atoms with Crippen molar-refractivity contribution in [1.29, 1.82) is 0 Å². The van der Waals surface area contributed by atoms with Gasteiger partial charge in [-0.3, -0.25) is 0 Å². The second-order valence-corrected chi connectivity index (χ2v) is 4.88. The molecule has 0 spiro atoms. The minimum absolute atomic E-state index is 0.224. The van der Waals surface area contributed by atoms with Crippen LogP contribution in [0.1, 0.15) is 43.0 Å². The molecule has 0 radical (unpaired) electrons. The molecule has 5 nitrogen and oxygen atoms in total. The van der Waals surface area contributed by atoms with Crippen LogP contribution < -0.4 is 10.6 Å². The Kier molecular flexibility index (Phi) is 4.98. The standard InChI is InChI=1S/C15H20N2O3/c1-2-20-14(18)11-6-5-9-13(10-11)17-15(19)16-12-7-3-4-8-12/h5-6,9-10,12H,2-4,7-8H2,1H3,(H2,16,17,19). The van der Waals surface area contributed by atoms with E-state index in [1.165, 1.54) is 12.8 Å². The van der Waals surface area contributed by atoms with Gasteiger partial charge in [-0.2, -0.15) is 0 Å². The summed E-state index contributed by atoms with van der Waals surface area (Å²) in [4.78, 5) is 23.4. The van der Waals surface area contributed by atoms with Crippen molar-refractivity contribution in [1.82, 2.24) is 5.32 Å². The van der Waals surface area contributed by atoms with Gasteiger partial charge in [0.2, 0.25) is 0 Å². The van der Waals surface area contributed by atoms with Crippen molar-refractivity contribution in [2.24, 2.45) is 0 Å². The molecule has 1 aromatic carbocycles. The van der Waals surface area contributed by atoms with Gasteiger partial charge in [-0.15, -0.1) is 0 Å². The van der Waals surface area contributed by atoms with Crippen LogP contribution in [-0.4, -0.2) is 24.6 Å². The van der Waals surface area contributed by atoms with Crippen LogP contribution in [0.15, 0.2) is 24.3 Å². The van der Waals surface area contributed by atoms with Gasteiger partial charge in [-0.05, 0) is 38.0 Å². The number of urea groups is 1. The van der Waals surface area contributed by atoms with Gasteiger partial charge in [-0.25, -0.2) is 9.59 Å². The predicted molar refractivity (Wildman–Crippen MR) is 76.8 cm³/mol. The number of hydrogen-bond acceptors (Lipinski definition) is 3. The first-order valence-corrected chi connectivity index (χ1v) is 7.03. The number of carbonyl (C=O) groups excluding carboxylic acids is 2. The Bertz CT molecular complexity index is 482. The highest BCUT2D eigenvalue weighted by Gasteiger charge is 2.17. The first-order chi connectivity index (χ1) is 9.69. The van der Waals surface area contributed by atoms with Crippen LogP contribution in [0.4, 0.5) is 10.5 Å². The molecule has 1 aliphatic rings. The van der Waals surface area contributed by atoms with E-state index in [1.807, 2.05) is 0 Å². The maximum absolute atomic E-state index is 11.8. The molecule has 20 heavy (non-hydrogen) atoms. The van der Waals surface area contributed by atoms with Crippen molar-refractivity contribution in [3.8, 4) is 0 Å². The highest BCUT2D eigenvalue weighted by molar-refractivity contribution is 5.94. The van der Waals surface area contributed by atoms with E-state index >= 15 is 0 Å². The molecular weight excluding hydrogens is 256 g/mol. The summed E-state index contributed by atoms with van der Waals surface area (Å²) in [6.07, 6.45) is 4.42. The van der Waals surface area contributed by atoms with Gasteiger partial charge in [0.1, 0.15) is 0 Å². The lowest BCUT2D eigenvalue weighted by Crippen LogP contribution is -2.36. The number of esters is 1. The fourth-order valence-corrected chi connectivity index (χ4v) is 2.36. The summed E-state index contributed by atoms with van der Waals surface area (Å²) in [6, 6.07) is 6.79. The van der Waals surface area contributed by atoms with E-state index in [1.54, 1.807) is 31.2 Å². The lowest BCUT2D eigenvalue weighted by atomic mass is 10.2. The Morgan fingerprint density at radius 3 is 2.75 bits per heavy atom. The zero-order valence-corrected chi connectivity index (χ0v) is 11.6.